The average molecular weight is 431 g/mol. The van der Waals surface area contributed by atoms with E-state index in [1.54, 1.807) is 31.2 Å². The number of aryl methyl sites for hydroxylation is 2. The first-order chi connectivity index (χ1) is 15.4. The summed E-state index contributed by atoms with van der Waals surface area (Å²) < 4.78 is 1.45. The van der Waals surface area contributed by atoms with Crippen molar-refractivity contribution in [1.29, 1.82) is 0 Å². The Labute approximate surface area is 183 Å². The van der Waals surface area contributed by atoms with Crippen LogP contribution in [0.5, 0.6) is 0 Å². The maximum absolute atomic E-state index is 13.2. The lowest BCUT2D eigenvalue weighted by Gasteiger charge is -2.22. The molecule has 0 bridgehead atoms. The molecule has 10 nitrogen and oxygen atoms in total. The van der Waals surface area contributed by atoms with Crippen molar-refractivity contribution in [3.8, 4) is 5.69 Å². The molecule has 10 heteroatoms. The number of carbonyl (C=O) groups is 3. The monoisotopic (exact) mass is 431 g/mol. The maximum Gasteiger partial charge on any atom is 0.325 e. The number of urea groups is 1. The first-order valence-corrected chi connectivity index (χ1v) is 10.3. The lowest BCUT2D eigenvalue weighted by atomic mass is 9.91. The van der Waals surface area contributed by atoms with E-state index in [1.807, 2.05) is 18.2 Å². The molecule has 2 N–H and O–H groups in total. The van der Waals surface area contributed by atoms with E-state index in [0.29, 0.717) is 16.9 Å². The quantitative estimate of drug-likeness (QED) is 0.591. The highest BCUT2D eigenvalue weighted by Gasteiger charge is 2.49. The number of tetrazole rings is 1. The Morgan fingerprint density at radius 1 is 1.16 bits per heavy atom. The molecule has 1 aliphatic carbocycles. The van der Waals surface area contributed by atoms with Crippen LogP contribution in [0.4, 0.5) is 10.5 Å². The Balaban J connectivity index is 1.32. The summed E-state index contributed by atoms with van der Waals surface area (Å²) in [6, 6.07) is 12.2. The van der Waals surface area contributed by atoms with Crippen LogP contribution < -0.4 is 10.6 Å². The van der Waals surface area contributed by atoms with Gasteiger partial charge in [0.25, 0.3) is 5.91 Å². The van der Waals surface area contributed by atoms with Gasteiger partial charge in [-0.15, -0.1) is 5.10 Å². The van der Waals surface area contributed by atoms with Crippen LogP contribution in [0.2, 0.25) is 0 Å². The second-order valence-corrected chi connectivity index (χ2v) is 8.14. The lowest BCUT2D eigenvalue weighted by molar-refractivity contribution is -0.133. The van der Waals surface area contributed by atoms with Crippen molar-refractivity contribution in [2.75, 3.05) is 11.9 Å². The normalized spacial score (nSPS) is 19.7. The molecule has 3 aromatic rings. The summed E-state index contributed by atoms with van der Waals surface area (Å²) in [7, 11) is 0. The van der Waals surface area contributed by atoms with Crippen LogP contribution in [0.15, 0.2) is 48.8 Å². The van der Waals surface area contributed by atoms with E-state index in [2.05, 4.69) is 26.2 Å². The van der Waals surface area contributed by atoms with Crippen LogP contribution >= 0.6 is 0 Å². The molecule has 0 spiro atoms. The Hall–Kier alpha value is -4.08. The summed E-state index contributed by atoms with van der Waals surface area (Å²) in [6.45, 7) is 1.24. The molecule has 1 aromatic heterocycles. The fourth-order valence-corrected chi connectivity index (χ4v) is 4.27. The number of anilines is 1. The minimum atomic E-state index is -1.31. The molecule has 1 atom stereocenters. The number of aromatic nitrogens is 4. The molecule has 162 valence electrons. The summed E-state index contributed by atoms with van der Waals surface area (Å²) in [5.41, 5.74) is 3.09. The molecule has 1 unspecified atom stereocenters. The van der Waals surface area contributed by atoms with Gasteiger partial charge in [-0.2, -0.15) is 0 Å². The molecule has 0 radical (unpaired) electrons. The second kappa shape index (κ2) is 7.56. The molecular weight excluding hydrogens is 410 g/mol. The van der Waals surface area contributed by atoms with Gasteiger partial charge in [-0.1, -0.05) is 18.2 Å². The smallest absolute Gasteiger partial charge is 0.325 e. The number of hydrogen-bond donors (Lipinski definition) is 2. The van der Waals surface area contributed by atoms with Gasteiger partial charge >= 0.3 is 6.03 Å². The Bertz CT molecular complexity index is 1220. The van der Waals surface area contributed by atoms with Crippen molar-refractivity contribution in [3.05, 3.63) is 65.5 Å². The Morgan fingerprint density at radius 2 is 2.00 bits per heavy atom. The molecule has 2 aliphatic rings. The number of rotatable bonds is 5. The van der Waals surface area contributed by atoms with Crippen molar-refractivity contribution in [2.45, 2.75) is 31.7 Å². The van der Waals surface area contributed by atoms with Crippen LogP contribution in [0, 0.1) is 0 Å². The average Bonchev–Trinajstić information content (AvgIpc) is 3.52. The van der Waals surface area contributed by atoms with Crippen molar-refractivity contribution < 1.29 is 14.4 Å². The fourth-order valence-electron chi connectivity index (χ4n) is 4.27. The van der Waals surface area contributed by atoms with Crippen LogP contribution in [0.25, 0.3) is 5.69 Å². The first-order valence-electron chi connectivity index (χ1n) is 10.3. The summed E-state index contributed by atoms with van der Waals surface area (Å²) in [5.74, 6) is -0.932. The number of imide groups is 1. The third kappa shape index (κ3) is 3.39. The largest absolute Gasteiger partial charge is 0.325 e. The molecule has 0 saturated carbocycles. The van der Waals surface area contributed by atoms with E-state index < -0.39 is 23.4 Å². The number of nitrogens with one attached hydrogen (secondary N) is 2. The van der Waals surface area contributed by atoms with E-state index in [4.69, 9.17) is 0 Å². The number of hydrogen-bond acceptors (Lipinski definition) is 6. The fraction of sp³-hybridized carbons (Fsp3) is 0.273. The number of nitrogens with zero attached hydrogens (tertiary/aromatic N) is 5. The van der Waals surface area contributed by atoms with Crippen LogP contribution in [-0.2, 0) is 28.0 Å². The molecule has 1 fully saturated rings. The second-order valence-electron chi connectivity index (χ2n) is 8.14. The summed E-state index contributed by atoms with van der Waals surface area (Å²) in [6.07, 6.45) is 4.60. The van der Waals surface area contributed by atoms with Crippen molar-refractivity contribution >= 4 is 23.5 Å². The molecule has 1 aliphatic heterocycles. The minimum Gasteiger partial charge on any atom is -0.325 e. The number of fused-ring (bicyclic) bond motifs is 1. The topological polar surface area (TPSA) is 122 Å². The van der Waals surface area contributed by atoms with E-state index >= 15 is 0 Å². The van der Waals surface area contributed by atoms with E-state index in [1.165, 1.54) is 22.1 Å². The first kappa shape index (κ1) is 19.9. The van der Waals surface area contributed by atoms with E-state index in [9.17, 15) is 14.4 Å². The van der Waals surface area contributed by atoms with Gasteiger partial charge in [0.05, 0.1) is 5.69 Å². The van der Waals surface area contributed by atoms with Crippen molar-refractivity contribution in [3.63, 3.8) is 0 Å². The molecule has 4 amide bonds. The molecule has 2 heterocycles. The van der Waals surface area contributed by atoms with Gasteiger partial charge < -0.3 is 10.6 Å². The Morgan fingerprint density at radius 3 is 2.81 bits per heavy atom. The zero-order valence-electron chi connectivity index (χ0n) is 17.4. The minimum absolute atomic E-state index is 0.371. The van der Waals surface area contributed by atoms with Crippen LogP contribution in [0.1, 0.15) is 30.0 Å². The molecular formula is C22H21N7O3. The van der Waals surface area contributed by atoms with Gasteiger partial charge in [-0.05, 0) is 77.6 Å². The standard InChI is InChI=1S/C22H21N7O3/c1-22(16-6-3-7-18(11-16)29-13-23-26-27-29)20(31)28(21(32)25-22)12-19(30)24-17-9-8-14-4-2-5-15(14)10-17/h3,6-11,13H,2,4-5,12H2,1H3,(H,24,30)(H,25,32). The van der Waals surface area contributed by atoms with Gasteiger partial charge in [0.15, 0.2) is 0 Å². The maximum atomic E-state index is 13.2. The van der Waals surface area contributed by atoms with Gasteiger partial charge in [0, 0.05) is 5.69 Å². The third-order valence-corrected chi connectivity index (χ3v) is 6.00. The molecule has 32 heavy (non-hydrogen) atoms. The number of amides is 4. The van der Waals surface area contributed by atoms with Gasteiger partial charge in [0.1, 0.15) is 18.4 Å². The van der Waals surface area contributed by atoms with Crippen LogP contribution in [-0.4, -0.2) is 49.5 Å². The predicted molar refractivity (Wildman–Crippen MR) is 114 cm³/mol. The highest BCUT2D eigenvalue weighted by Crippen LogP contribution is 2.30. The molecule has 5 rings (SSSR count). The van der Waals surface area contributed by atoms with E-state index in [-0.39, 0.29) is 6.54 Å². The zero-order valence-corrected chi connectivity index (χ0v) is 17.4. The van der Waals surface area contributed by atoms with Crippen LogP contribution in [0.3, 0.4) is 0 Å². The molecule has 2 aromatic carbocycles. The van der Waals surface area contributed by atoms with Gasteiger partial charge in [-0.25, -0.2) is 9.48 Å². The highest BCUT2D eigenvalue weighted by molar-refractivity contribution is 6.10. The summed E-state index contributed by atoms with van der Waals surface area (Å²) in [5, 5.41) is 16.6. The molecule has 1 saturated heterocycles. The predicted octanol–water partition coefficient (Wildman–Crippen LogP) is 1.56. The van der Waals surface area contributed by atoms with E-state index in [0.717, 1.165) is 24.2 Å². The van der Waals surface area contributed by atoms with Crippen molar-refractivity contribution in [2.24, 2.45) is 0 Å². The SMILES string of the molecule is CC1(c2cccc(-n3cnnn3)c2)NC(=O)N(CC(=O)Nc2ccc3c(c2)CCC3)C1=O. The van der Waals surface area contributed by atoms with Gasteiger partial charge in [0.2, 0.25) is 5.91 Å². The van der Waals surface area contributed by atoms with Crippen molar-refractivity contribution in [1.82, 2.24) is 30.4 Å². The number of benzene rings is 2. The number of carbonyl (C=O) groups excluding carboxylic acids is 3. The zero-order chi connectivity index (χ0) is 22.3. The third-order valence-electron chi connectivity index (χ3n) is 6.00. The highest BCUT2D eigenvalue weighted by atomic mass is 16.2. The lowest BCUT2D eigenvalue weighted by Crippen LogP contribution is -2.42. The Kier molecular flexibility index (Phi) is 4.69. The summed E-state index contributed by atoms with van der Waals surface area (Å²) >= 11 is 0. The van der Waals surface area contributed by atoms with Gasteiger partial charge in [-0.3, -0.25) is 14.5 Å². The summed E-state index contributed by atoms with van der Waals surface area (Å²) in [4.78, 5) is 39.3.